The standard InChI is InChI=1S/C30H38N4O5/c1-20-25(26(28(35)36)39-29(2,3)4)27-33-15-13-30(5,14-16-33)38-17-9-8-11-21-10-6-7-12-23(21)37-19-22-18-24(31-20)34(27)32-22/h6-7,9-10,12,17-18,26H,8,11,13-16,19H2,1-5H3,(H,35,36)/b17-9-/t26-/m0/s1. The second-order valence-corrected chi connectivity index (χ2v) is 11.7. The van der Waals surface area contributed by atoms with E-state index in [2.05, 4.69) is 24.0 Å². The number of nitrogens with zero attached hydrogens (tertiary/aromatic N) is 4. The third-order valence-electron chi connectivity index (χ3n) is 7.31. The molecule has 2 aromatic heterocycles. The predicted octanol–water partition coefficient (Wildman–Crippen LogP) is 5.39. The molecule has 6 rings (SSSR count). The summed E-state index contributed by atoms with van der Waals surface area (Å²) in [6.45, 7) is 11.2. The van der Waals surface area contributed by atoms with E-state index in [9.17, 15) is 9.90 Å². The number of ether oxygens (including phenoxy) is 3. The Hall–Kier alpha value is -3.59. The van der Waals surface area contributed by atoms with Crippen LogP contribution in [0.15, 0.2) is 42.7 Å². The molecule has 0 saturated carbocycles. The first-order chi connectivity index (χ1) is 18.5. The van der Waals surface area contributed by atoms with Crippen LogP contribution < -0.4 is 9.64 Å². The summed E-state index contributed by atoms with van der Waals surface area (Å²) >= 11 is 0. The van der Waals surface area contributed by atoms with Gasteiger partial charge in [-0.15, -0.1) is 0 Å². The van der Waals surface area contributed by atoms with Crippen molar-refractivity contribution in [3.63, 3.8) is 0 Å². The first-order valence-corrected chi connectivity index (χ1v) is 13.6. The molecule has 39 heavy (non-hydrogen) atoms. The van der Waals surface area contributed by atoms with Crippen LogP contribution in [-0.2, 0) is 27.3 Å². The van der Waals surface area contributed by atoms with Crippen molar-refractivity contribution in [2.45, 2.75) is 84.2 Å². The molecule has 1 N–H and O–H groups in total. The van der Waals surface area contributed by atoms with Crippen molar-refractivity contribution in [3.05, 3.63) is 65.2 Å². The summed E-state index contributed by atoms with van der Waals surface area (Å²) in [4.78, 5) is 19.6. The third-order valence-corrected chi connectivity index (χ3v) is 7.31. The van der Waals surface area contributed by atoms with E-state index in [0.29, 0.717) is 41.5 Å². The molecular formula is C30H38N4O5. The van der Waals surface area contributed by atoms with Crippen LogP contribution in [0.3, 0.4) is 0 Å². The van der Waals surface area contributed by atoms with Crippen molar-refractivity contribution < 1.29 is 24.1 Å². The molecule has 5 heterocycles. The average molecular weight is 535 g/mol. The monoisotopic (exact) mass is 534 g/mol. The van der Waals surface area contributed by atoms with Gasteiger partial charge >= 0.3 is 5.97 Å². The van der Waals surface area contributed by atoms with Crippen LogP contribution in [-0.4, -0.2) is 50.0 Å². The Morgan fingerprint density at radius 3 is 2.67 bits per heavy atom. The van der Waals surface area contributed by atoms with Crippen molar-refractivity contribution in [1.82, 2.24) is 14.6 Å². The van der Waals surface area contributed by atoms with Crippen molar-refractivity contribution in [2.24, 2.45) is 0 Å². The first kappa shape index (κ1) is 27.0. The number of piperidine rings is 1. The molecule has 3 aliphatic heterocycles. The van der Waals surface area contributed by atoms with Crippen LogP contribution in [0.25, 0.3) is 5.65 Å². The maximum atomic E-state index is 12.6. The minimum atomic E-state index is -1.20. The van der Waals surface area contributed by atoms with Gasteiger partial charge < -0.3 is 24.2 Å². The number of carboxylic acids is 1. The van der Waals surface area contributed by atoms with Crippen molar-refractivity contribution in [1.29, 1.82) is 0 Å². The second-order valence-electron chi connectivity index (χ2n) is 11.7. The van der Waals surface area contributed by atoms with E-state index in [1.165, 1.54) is 0 Å². The summed E-state index contributed by atoms with van der Waals surface area (Å²) in [5, 5.41) is 15.2. The van der Waals surface area contributed by atoms with Gasteiger partial charge in [-0.1, -0.05) is 18.2 Å². The van der Waals surface area contributed by atoms with Crippen LogP contribution in [0, 0.1) is 6.92 Å². The predicted molar refractivity (Wildman–Crippen MR) is 148 cm³/mol. The molecule has 9 heteroatoms. The Balaban J connectivity index is 1.64. The summed E-state index contributed by atoms with van der Waals surface area (Å²) in [5.41, 5.74) is 2.62. The number of hydrogen-bond donors (Lipinski definition) is 1. The minimum absolute atomic E-state index is 0.270. The van der Waals surface area contributed by atoms with E-state index >= 15 is 0 Å². The Bertz CT molecular complexity index is 1380. The van der Waals surface area contributed by atoms with Crippen LogP contribution in [0.4, 0.5) is 5.82 Å². The number of para-hydroxylation sites is 1. The van der Waals surface area contributed by atoms with Gasteiger partial charge in [-0.3, -0.25) is 0 Å². The lowest BCUT2D eigenvalue weighted by Crippen LogP contribution is -2.45. The molecule has 4 bridgehead atoms. The number of carboxylic acid groups (broad SMARTS) is 1. The molecule has 1 atom stereocenters. The highest BCUT2D eigenvalue weighted by Gasteiger charge is 2.38. The van der Waals surface area contributed by atoms with Gasteiger partial charge in [0.15, 0.2) is 11.8 Å². The fourth-order valence-electron chi connectivity index (χ4n) is 5.26. The number of carbonyl (C=O) groups is 1. The number of fused-ring (bicyclic) bond motifs is 6. The smallest absolute Gasteiger partial charge is 0.337 e. The Kier molecular flexibility index (Phi) is 7.29. The van der Waals surface area contributed by atoms with Gasteiger partial charge in [0, 0.05) is 37.7 Å². The highest BCUT2D eigenvalue weighted by molar-refractivity contribution is 5.78. The number of rotatable bonds is 3. The van der Waals surface area contributed by atoms with Crippen molar-refractivity contribution >= 4 is 17.4 Å². The molecule has 208 valence electrons. The highest BCUT2D eigenvalue weighted by Crippen LogP contribution is 2.38. The van der Waals surface area contributed by atoms with E-state index in [4.69, 9.17) is 24.3 Å². The second kappa shape index (κ2) is 10.5. The maximum Gasteiger partial charge on any atom is 0.337 e. The number of hydrogen-bond acceptors (Lipinski definition) is 7. The molecule has 0 unspecified atom stereocenters. The Morgan fingerprint density at radius 2 is 1.95 bits per heavy atom. The van der Waals surface area contributed by atoms with Gasteiger partial charge in [0.2, 0.25) is 0 Å². The minimum Gasteiger partial charge on any atom is -0.495 e. The van der Waals surface area contributed by atoms with Crippen LogP contribution in [0.2, 0.25) is 0 Å². The van der Waals surface area contributed by atoms with Gasteiger partial charge in [0.25, 0.3) is 0 Å². The molecule has 3 aromatic rings. The molecule has 1 fully saturated rings. The molecule has 1 aromatic carbocycles. The quantitative estimate of drug-likeness (QED) is 0.477. The average Bonchev–Trinajstić information content (AvgIpc) is 3.28. The summed E-state index contributed by atoms with van der Waals surface area (Å²) in [6.07, 6.45) is 5.93. The zero-order chi connectivity index (χ0) is 27.8. The van der Waals surface area contributed by atoms with Crippen LogP contribution in [0.1, 0.15) is 75.6 Å². The molecular weight excluding hydrogens is 496 g/mol. The summed E-state index contributed by atoms with van der Waals surface area (Å²) < 4.78 is 20.3. The van der Waals surface area contributed by atoms with Gasteiger partial charge in [-0.25, -0.2) is 9.78 Å². The molecule has 0 radical (unpaired) electrons. The largest absolute Gasteiger partial charge is 0.495 e. The Labute approximate surface area is 229 Å². The van der Waals surface area contributed by atoms with E-state index in [-0.39, 0.29) is 12.2 Å². The molecule has 9 nitrogen and oxygen atoms in total. The molecule has 0 aliphatic carbocycles. The fraction of sp³-hybridized carbons (Fsp3) is 0.500. The van der Waals surface area contributed by atoms with Crippen LogP contribution in [0.5, 0.6) is 5.75 Å². The normalized spacial score (nSPS) is 19.2. The number of benzene rings is 1. The van der Waals surface area contributed by atoms with E-state index in [1.54, 1.807) is 4.52 Å². The molecule has 0 amide bonds. The lowest BCUT2D eigenvalue weighted by Gasteiger charge is -2.41. The van der Waals surface area contributed by atoms with Crippen molar-refractivity contribution in [2.75, 3.05) is 18.0 Å². The maximum absolute atomic E-state index is 12.6. The Morgan fingerprint density at radius 1 is 1.21 bits per heavy atom. The van der Waals surface area contributed by atoms with Gasteiger partial charge in [0.1, 0.15) is 29.5 Å². The first-order valence-electron chi connectivity index (χ1n) is 13.6. The summed E-state index contributed by atoms with van der Waals surface area (Å²) in [5.74, 6) is 0.456. The van der Waals surface area contributed by atoms with Gasteiger partial charge in [-0.05, 0) is 65.2 Å². The molecule has 3 aliphatic rings. The number of aliphatic carboxylic acids is 1. The third kappa shape index (κ3) is 5.88. The van der Waals surface area contributed by atoms with Gasteiger partial charge in [0.05, 0.1) is 17.4 Å². The zero-order valence-electron chi connectivity index (χ0n) is 23.4. The van der Waals surface area contributed by atoms with Crippen molar-refractivity contribution in [3.8, 4) is 5.75 Å². The lowest BCUT2D eigenvalue weighted by atomic mass is 9.92. The van der Waals surface area contributed by atoms with Crippen LogP contribution >= 0.6 is 0 Å². The topological polar surface area (TPSA) is 98.4 Å². The number of aromatic nitrogens is 3. The fourth-order valence-corrected chi connectivity index (χ4v) is 5.26. The zero-order valence-corrected chi connectivity index (χ0v) is 23.4. The number of aryl methyl sites for hydroxylation is 2. The summed E-state index contributed by atoms with van der Waals surface area (Å²) in [7, 11) is 0. The van der Waals surface area contributed by atoms with E-state index < -0.39 is 17.7 Å². The molecule has 1 saturated heterocycles. The lowest BCUT2D eigenvalue weighted by molar-refractivity contribution is -0.160. The van der Waals surface area contributed by atoms with E-state index in [0.717, 1.165) is 37.0 Å². The SMILES string of the molecule is Cc1nc2cc3nn2c(c1[C@H](OC(C)(C)C)C(=O)O)N1CCC(C)(CC1)O/C=C\CCc1ccccc1OC3. The number of allylic oxidation sites excluding steroid dienone is 1. The number of anilines is 1. The summed E-state index contributed by atoms with van der Waals surface area (Å²) in [6, 6.07) is 9.94. The van der Waals surface area contributed by atoms with Gasteiger partial charge in [-0.2, -0.15) is 9.61 Å². The van der Waals surface area contributed by atoms with E-state index in [1.807, 2.05) is 58.2 Å². The molecule has 0 spiro atoms. The highest BCUT2D eigenvalue weighted by atomic mass is 16.5.